The fraction of sp³-hybridized carbons (Fsp3) is 0.400. The third kappa shape index (κ3) is 4.77. The number of hydrogen-bond donors (Lipinski definition) is 3. The van der Waals surface area contributed by atoms with Gasteiger partial charge in [0, 0.05) is 18.5 Å². The van der Waals surface area contributed by atoms with Crippen molar-refractivity contribution in [3.8, 4) is 11.1 Å². The summed E-state index contributed by atoms with van der Waals surface area (Å²) in [7, 11) is 0. The zero-order chi connectivity index (χ0) is 22.5. The van der Waals surface area contributed by atoms with Gasteiger partial charge in [-0.2, -0.15) is 0 Å². The van der Waals surface area contributed by atoms with E-state index in [1.807, 2.05) is 24.3 Å². The van der Waals surface area contributed by atoms with Crippen LogP contribution in [-0.2, 0) is 14.3 Å². The van der Waals surface area contributed by atoms with Crippen molar-refractivity contribution in [3.63, 3.8) is 0 Å². The van der Waals surface area contributed by atoms with Crippen LogP contribution in [0.4, 0.5) is 4.79 Å². The van der Waals surface area contributed by atoms with Crippen molar-refractivity contribution in [1.82, 2.24) is 10.6 Å². The fourth-order valence-corrected chi connectivity index (χ4v) is 4.83. The second kappa shape index (κ2) is 9.85. The van der Waals surface area contributed by atoms with Gasteiger partial charge < -0.3 is 20.5 Å². The highest BCUT2D eigenvalue weighted by atomic mass is 16.5. The first-order valence-electron chi connectivity index (χ1n) is 11.2. The Bertz CT molecular complexity index is 960. The lowest BCUT2D eigenvalue weighted by atomic mass is 9.84. The monoisotopic (exact) mass is 436 g/mol. The Morgan fingerprint density at radius 2 is 1.56 bits per heavy atom. The van der Waals surface area contributed by atoms with E-state index in [1.54, 1.807) is 0 Å². The number of fused-ring (bicyclic) bond motifs is 3. The highest BCUT2D eigenvalue weighted by Crippen LogP contribution is 2.44. The minimum absolute atomic E-state index is 0.0189. The first kappa shape index (κ1) is 21.9. The molecule has 168 valence electrons. The summed E-state index contributed by atoms with van der Waals surface area (Å²) >= 11 is 0. The van der Waals surface area contributed by atoms with Crippen molar-refractivity contribution in [2.75, 3.05) is 13.2 Å². The molecule has 1 fully saturated rings. The van der Waals surface area contributed by atoms with E-state index in [0.29, 0.717) is 12.8 Å². The molecule has 2 aromatic carbocycles. The number of benzene rings is 2. The molecule has 0 aromatic heterocycles. The van der Waals surface area contributed by atoms with Gasteiger partial charge in [0.05, 0.1) is 12.3 Å². The maximum atomic E-state index is 12.6. The third-order valence-corrected chi connectivity index (χ3v) is 6.39. The van der Waals surface area contributed by atoms with Crippen LogP contribution in [0.25, 0.3) is 11.1 Å². The number of carbonyl (C=O) groups is 3. The molecule has 2 aromatic rings. The second-order valence-electron chi connectivity index (χ2n) is 8.40. The van der Waals surface area contributed by atoms with Gasteiger partial charge in [-0.3, -0.25) is 9.59 Å². The van der Waals surface area contributed by atoms with Crippen LogP contribution < -0.4 is 10.6 Å². The predicted molar refractivity (Wildman–Crippen MR) is 119 cm³/mol. The molecule has 3 N–H and O–H groups in total. The third-order valence-electron chi connectivity index (χ3n) is 6.39. The molecule has 0 unspecified atom stereocenters. The van der Waals surface area contributed by atoms with E-state index in [1.165, 1.54) is 11.1 Å². The van der Waals surface area contributed by atoms with E-state index < -0.39 is 12.1 Å². The molecule has 32 heavy (non-hydrogen) atoms. The number of aliphatic carboxylic acids is 1. The number of amides is 2. The van der Waals surface area contributed by atoms with Crippen LogP contribution in [-0.4, -0.2) is 42.3 Å². The predicted octanol–water partition coefficient (Wildman–Crippen LogP) is 3.67. The van der Waals surface area contributed by atoms with E-state index in [9.17, 15) is 14.4 Å². The van der Waals surface area contributed by atoms with Crippen molar-refractivity contribution in [2.24, 2.45) is 5.92 Å². The standard InChI is InChI=1S/C25H28N2O5/c28-23(29)13-14-26-24(30)20-11-5-6-12-22(20)27-25(31)32-15-21-18-9-3-1-7-16(18)17-8-2-4-10-19(17)21/h1-4,7-10,20-22H,5-6,11-15H2,(H,26,30)(H,27,31)(H,28,29)/t20-,22+/m0/s1. The summed E-state index contributed by atoms with van der Waals surface area (Å²) in [6.07, 6.45) is 2.53. The van der Waals surface area contributed by atoms with E-state index in [4.69, 9.17) is 9.84 Å². The van der Waals surface area contributed by atoms with E-state index in [2.05, 4.69) is 34.9 Å². The highest BCUT2D eigenvalue weighted by Gasteiger charge is 2.33. The Kier molecular flexibility index (Phi) is 6.73. The molecular weight excluding hydrogens is 408 g/mol. The number of ether oxygens (including phenoxy) is 1. The van der Waals surface area contributed by atoms with Gasteiger partial charge in [0.25, 0.3) is 0 Å². The number of hydrogen-bond acceptors (Lipinski definition) is 4. The Morgan fingerprint density at radius 3 is 2.22 bits per heavy atom. The molecule has 0 saturated heterocycles. The average molecular weight is 437 g/mol. The Labute approximate surface area is 187 Å². The van der Waals surface area contributed by atoms with Gasteiger partial charge in [0.1, 0.15) is 6.61 Å². The number of nitrogens with one attached hydrogen (secondary N) is 2. The first-order valence-corrected chi connectivity index (χ1v) is 11.2. The van der Waals surface area contributed by atoms with Crippen LogP contribution in [0.5, 0.6) is 0 Å². The normalized spacial score (nSPS) is 19.5. The van der Waals surface area contributed by atoms with Crippen molar-refractivity contribution in [3.05, 3.63) is 59.7 Å². The Balaban J connectivity index is 1.36. The lowest BCUT2D eigenvalue weighted by Crippen LogP contribution is -2.48. The number of rotatable bonds is 7. The van der Waals surface area contributed by atoms with Crippen LogP contribution in [0, 0.1) is 5.92 Å². The van der Waals surface area contributed by atoms with Crippen molar-refractivity contribution in [1.29, 1.82) is 0 Å². The molecule has 2 aliphatic rings. The second-order valence-corrected chi connectivity index (χ2v) is 8.40. The summed E-state index contributed by atoms with van der Waals surface area (Å²) in [5.41, 5.74) is 4.63. The van der Waals surface area contributed by atoms with Crippen LogP contribution in [0.3, 0.4) is 0 Å². The summed E-state index contributed by atoms with van der Waals surface area (Å²) in [6, 6.07) is 16.0. The highest BCUT2D eigenvalue weighted by molar-refractivity contribution is 5.81. The van der Waals surface area contributed by atoms with Crippen LogP contribution >= 0.6 is 0 Å². The van der Waals surface area contributed by atoms with Gasteiger partial charge in [-0.05, 0) is 35.1 Å². The van der Waals surface area contributed by atoms with Crippen molar-refractivity contribution < 1.29 is 24.2 Å². The number of carbonyl (C=O) groups excluding carboxylic acids is 2. The lowest BCUT2D eigenvalue weighted by molar-refractivity contribution is -0.137. The molecule has 2 atom stereocenters. The SMILES string of the molecule is O=C(O)CCNC(=O)[C@H]1CCCC[C@H]1NC(=O)OCC1c2ccccc2-c2ccccc21. The van der Waals surface area contributed by atoms with Gasteiger partial charge in [0.15, 0.2) is 0 Å². The van der Waals surface area contributed by atoms with Gasteiger partial charge in [-0.15, -0.1) is 0 Å². The molecule has 0 aliphatic heterocycles. The zero-order valence-corrected chi connectivity index (χ0v) is 17.9. The Morgan fingerprint density at radius 1 is 0.938 bits per heavy atom. The molecule has 7 heteroatoms. The molecule has 0 bridgehead atoms. The van der Waals surface area contributed by atoms with E-state index >= 15 is 0 Å². The summed E-state index contributed by atoms with van der Waals surface area (Å²) in [4.78, 5) is 35.8. The summed E-state index contributed by atoms with van der Waals surface area (Å²) in [5, 5.41) is 14.3. The van der Waals surface area contributed by atoms with Crippen molar-refractivity contribution in [2.45, 2.75) is 44.1 Å². The van der Waals surface area contributed by atoms with Crippen molar-refractivity contribution >= 4 is 18.0 Å². The van der Waals surface area contributed by atoms with Crippen LogP contribution in [0.1, 0.15) is 49.1 Å². The molecule has 0 spiro atoms. The Hall–Kier alpha value is -3.35. The van der Waals surface area contributed by atoms with Gasteiger partial charge in [-0.25, -0.2) is 4.79 Å². The van der Waals surface area contributed by atoms with Gasteiger partial charge in [-0.1, -0.05) is 61.4 Å². The number of alkyl carbamates (subject to hydrolysis) is 1. The molecular formula is C25H28N2O5. The summed E-state index contributed by atoms with van der Waals surface area (Å²) < 4.78 is 5.62. The fourth-order valence-electron chi connectivity index (χ4n) is 4.83. The molecule has 4 rings (SSSR count). The first-order chi connectivity index (χ1) is 15.5. The molecule has 2 aliphatic carbocycles. The van der Waals surface area contributed by atoms with Gasteiger partial charge in [0.2, 0.25) is 5.91 Å². The largest absolute Gasteiger partial charge is 0.481 e. The average Bonchev–Trinajstić information content (AvgIpc) is 3.11. The van der Waals surface area contributed by atoms with Crippen LogP contribution in [0.15, 0.2) is 48.5 Å². The molecule has 0 heterocycles. The topological polar surface area (TPSA) is 105 Å². The number of carboxylic acids is 1. The minimum Gasteiger partial charge on any atom is -0.481 e. The smallest absolute Gasteiger partial charge is 0.407 e. The molecule has 0 radical (unpaired) electrons. The number of carboxylic acid groups (broad SMARTS) is 1. The van der Waals surface area contributed by atoms with E-state index in [-0.39, 0.29) is 43.4 Å². The summed E-state index contributed by atoms with van der Waals surface area (Å²) in [5.74, 6) is -1.56. The quantitative estimate of drug-likeness (QED) is 0.614. The van der Waals surface area contributed by atoms with E-state index in [0.717, 1.165) is 24.0 Å². The maximum Gasteiger partial charge on any atom is 0.407 e. The zero-order valence-electron chi connectivity index (χ0n) is 17.9. The lowest BCUT2D eigenvalue weighted by Gasteiger charge is -2.31. The maximum absolute atomic E-state index is 12.6. The summed E-state index contributed by atoms with van der Waals surface area (Å²) in [6.45, 7) is 0.310. The molecule has 7 nitrogen and oxygen atoms in total. The molecule has 1 saturated carbocycles. The van der Waals surface area contributed by atoms with Crippen LogP contribution in [0.2, 0.25) is 0 Å². The van der Waals surface area contributed by atoms with Gasteiger partial charge >= 0.3 is 12.1 Å². The minimum atomic E-state index is -0.956. The molecule has 2 amide bonds.